The van der Waals surface area contributed by atoms with Gasteiger partial charge in [-0.3, -0.25) is 0 Å². The van der Waals surface area contributed by atoms with E-state index >= 15 is 0 Å². The van der Waals surface area contributed by atoms with Crippen LogP contribution in [0.1, 0.15) is 84.4 Å². The number of hydrogen-bond donors (Lipinski definition) is 2. The molecular formula is C30H43NO3. The number of nitrogens with zero attached hydrogens (tertiary/aromatic N) is 1. The maximum absolute atomic E-state index is 11.8. The number of benzene rings is 1. The van der Waals surface area contributed by atoms with Gasteiger partial charge in [0.25, 0.3) is 0 Å². The van der Waals surface area contributed by atoms with Crippen LogP contribution in [0.4, 0.5) is 0 Å². The van der Waals surface area contributed by atoms with Crippen molar-refractivity contribution in [3.63, 3.8) is 0 Å². The van der Waals surface area contributed by atoms with E-state index in [4.69, 9.17) is 9.40 Å². The number of aryl methyl sites for hydroxylation is 1. The highest BCUT2D eigenvalue weighted by Crippen LogP contribution is 2.68. The molecule has 0 spiro atoms. The molecule has 5 unspecified atom stereocenters. The average Bonchev–Trinajstić information content (AvgIpc) is 3.40. The molecule has 4 nitrogen and oxygen atoms in total. The molecule has 1 heterocycles. The summed E-state index contributed by atoms with van der Waals surface area (Å²) in [7, 11) is 0. The summed E-state index contributed by atoms with van der Waals surface area (Å²) >= 11 is 0. The minimum absolute atomic E-state index is 0.0271. The Morgan fingerprint density at radius 1 is 1.03 bits per heavy atom. The smallest absolute Gasteiger partial charge is 0.195 e. The minimum Gasteiger partial charge on any atom is -0.441 e. The molecule has 0 radical (unpaired) electrons. The molecule has 4 aliphatic rings. The molecule has 10 atom stereocenters. The van der Waals surface area contributed by atoms with E-state index in [0.29, 0.717) is 35.0 Å². The largest absolute Gasteiger partial charge is 0.441 e. The lowest BCUT2D eigenvalue weighted by molar-refractivity contribution is -0.174. The Kier molecular flexibility index (Phi) is 5.65. The van der Waals surface area contributed by atoms with Gasteiger partial charge in [0.05, 0.1) is 12.2 Å². The van der Waals surface area contributed by atoms with Gasteiger partial charge < -0.3 is 14.6 Å². The second-order valence-electron chi connectivity index (χ2n) is 13.0. The van der Waals surface area contributed by atoms with Gasteiger partial charge in [-0.1, -0.05) is 32.9 Å². The van der Waals surface area contributed by atoms with Crippen molar-refractivity contribution in [1.82, 2.24) is 4.98 Å². The fourth-order valence-corrected chi connectivity index (χ4v) is 9.74. The fraction of sp³-hybridized carbons (Fsp3) is 0.767. The van der Waals surface area contributed by atoms with Gasteiger partial charge in [-0.2, -0.15) is 0 Å². The van der Waals surface area contributed by atoms with E-state index in [0.717, 1.165) is 61.4 Å². The topological polar surface area (TPSA) is 66.5 Å². The van der Waals surface area contributed by atoms with Crippen molar-refractivity contribution in [2.75, 3.05) is 0 Å². The molecule has 34 heavy (non-hydrogen) atoms. The first kappa shape index (κ1) is 23.0. The first-order chi connectivity index (χ1) is 16.3. The van der Waals surface area contributed by atoms with Crippen LogP contribution >= 0.6 is 0 Å². The fourth-order valence-electron chi connectivity index (χ4n) is 9.74. The molecule has 2 aromatic rings. The standard InChI is InChI=1S/C30H43NO3/c1-18(8-13-28-31-25-6-4-5-7-26(25)34-28)22-11-12-23-21-10-9-19-16-20(32)14-15-29(19,2)24(21)17-27(33)30(22,23)3/h4-7,18-24,27,32-33H,8-17H2,1-3H3/t18?,19-,20-,21?,22?,23?,24?,27+,29+,30-/m1/s1. The molecule has 4 saturated carbocycles. The summed E-state index contributed by atoms with van der Waals surface area (Å²) in [4.78, 5) is 4.70. The molecule has 0 amide bonds. The highest BCUT2D eigenvalue weighted by molar-refractivity contribution is 5.72. The van der Waals surface area contributed by atoms with E-state index in [1.165, 1.54) is 25.7 Å². The molecular weight excluding hydrogens is 422 g/mol. The number of aliphatic hydroxyl groups is 2. The first-order valence-corrected chi connectivity index (χ1v) is 14.0. The van der Waals surface area contributed by atoms with Gasteiger partial charge in [0.1, 0.15) is 5.52 Å². The number of para-hydroxylation sites is 2. The van der Waals surface area contributed by atoms with E-state index in [9.17, 15) is 10.2 Å². The lowest BCUT2D eigenvalue weighted by atomic mass is 9.43. The summed E-state index contributed by atoms with van der Waals surface area (Å²) in [5.74, 6) is 4.62. The second kappa shape index (κ2) is 8.34. The van der Waals surface area contributed by atoms with E-state index in [-0.39, 0.29) is 17.6 Å². The monoisotopic (exact) mass is 465 g/mol. The van der Waals surface area contributed by atoms with Gasteiger partial charge in [-0.05, 0) is 116 Å². The maximum atomic E-state index is 11.8. The Morgan fingerprint density at radius 3 is 2.68 bits per heavy atom. The Bertz CT molecular complexity index is 1000. The van der Waals surface area contributed by atoms with Crippen molar-refractivity contribution in [3.8, 4) is 0 Å². The highest BCUT2D eigenvalue weighted by Gasteiger charge is 2.63. The SMILES string of the molecule is CC(CCc1nc2ccccc2o1)C1CCC2C3CC[C@@H]4C[C@H](O)CC[C@]4(C)C3C[C@H](O)[C@]12C. The van der Waals surface area contributed by atoms with Gasteiger partial charge >= 0.3 is 0 Å². The Labute approximate surface area is 204 Å². The average molecular weight is 466 g/mol. The Hall–Kier alpha value is -1.39. The molecule has 1 aromatic carbocycles. The molecule has 4 heteroatoms. The van der Waals surface area contributed by atoms with Crippen LogP contribution in [-0.2, 0) is 6.42 Å². The Balaban J connectivity index is 1.18. The summed E-state index contributed by atoms with van der Waals surface area (Å²) in [5.41, 5.74) is 2.16. The van der Waals surface area contributed by atoms with Gasteiger partial charge in [-0.15, -0.1) is 0 Å². The molecule has 4 aliphatic carbocycles. The molecule has 186 valence electrons. The lowest BCUT2D eigenvalue weighted by Gasteiger charge is -2.62. The quantitative estimate of drug-likeness (QED) is 0.549. The van der Waals surface area contributed by atoms with Crippen molar-refractivity contribution in [1.29, 1.82) is 0 Å². The van der Waals surface area contributed by atoms with Crippen molar-refractivity contribution in [2.24, 2.45) is 46.3 Å². The third-order valence-corrected chi connectivity index (χ3v) is 11.7. The predicted octanol–water partition coefficient (Wildman–Crippen LogP) is 6.39. The number of hydrogen-bond acceptors (Lipinski definition) is 4. The van der Waals surface area contributed by atoms with E-state index < -0.39 is 0 Å². The predicted molar refractivity (Wildman–Crippen MR) is 134 cm³/mol. The summed E-state index contributed by atoms with van der Waals surface area (Å²) in [5, 5.41) is 22.1. The molecule has 1 aromatic heterocycles. The molecule has 6 rings (SSSR count). The van der Waals surface area contributed by atoms with Crippen molar-refractivity contribution >= 4 is 11.1 Å². The number of rotatable bonds is 4. The summed E-state index contributed by atoms with van der Waals surface area (Å²) < 4.78 is 6.00. The summed E-state index contributed by atoms with van der Waals surface area (Å²) in [6.45, 7) is 7.34. The van der Waals surface area contributed by atoms with Gasteiger partial charge in [0.2, 0.25) is 0 Å². The number of oxazole rings is 1. The van der Waals surface area contributed by atoms with Crippen molar-refractivity contribution in [2.45, 2.75) is 97.2 Å². The van der Waals surface area contributed by atoms with Crippen LogP contribution in [-0.4, -0.2) is 27.4 Å². The van der Waals surface area contributed by atoms with Crippen LogP contribution in [0.3, 0.4) is 0 Å². The van der Waals surface area contributed by atoms with Crippen LogP contribution in [0.15, 0.2) is 28.7 Å². The van der Waals surface area contributed by atoms with E-state index in [1.807, 2.05) is 24.3 Å². The van der Waals surface area contributed by atoms with Crippen molar-refractivity contribution in [3.05, 3.63) is 30.2 Å². The van der Waals surface area contributed by atoms with E-state index in [2.05, 4.69) is 20.8 Å². The number of fused-ring (bicyclic) bond motifs is 6. The zero-order valence-electron chi connectivity index (χ0n) is 21.2. The van der Waals surface area contributed by atoms with Gasteiger partial charge in [0.15, 0.2) is 11.5 Å². The van der Waals surface area contributed by atoms with Crippen LogP contribution in [0.25, 0.3) is 11.1 Å². The molecule has 0 aliphatic heterocycles. The van der Waals surface area contributed by atoms with Crippen LogP contribution in [0, 0.1) is 46.3 Å². The third-order valence-electron chi connectivity index (χ3n) is 11.7. The summed E-state index contributed by atoms with van der Waals surface area (Å²) in [6, 6.07) is 8.03. The Morgan fingerprint density at radius 2 is 1.85 bits per heavy atom. The normalized spacial score (nSPS) is 44.9. The van der Waals surface area contributed by atoms with Gasteiger partial charge in [0, 0.05) is 6.42 Å². The zero-order chi connectivity index (χ0) is 23.7. The van der Waals surface area contributed by atoms with Gasteiger partial charge in [-0.25, -0.2) is 4.98 Å². The first-order valence-electron chi connectivity index (χ1n) is 14.0. The maximum Gasteiger partial charge on any atom is 0.195 e. The van der Waals surface area contributed by atoms with E-state index in [1.54, 1.807) is 0 Å². The molecule has 0 bridgehead atoms. The third kappa shape index (κ3) is 3.42. The molecule has 4 fully saturated rings. The zero-order valence-corrected chi connectivity index (χ0v) is 21.2. The molecule has 0 saturated heterocycles. The second-order valence-corrected chi connectivity index (χ2v) is 13.0. The molecule has 2 N–H and O–H groups in total. The lowest BCUT2D eigenvalue weighted by Crippen LogP contribution is -2.58. The van der Waals surface area contributed by atoms with Crippen LogP contribution in [0.2, 0.25) is 0 Å². The highest BCUT2D eigenvalue weighted by atomic mass is 16.3. The summed E-state index contributed by atoms with van der Waals surface area (Å²) in [6.07, 6.45) is 10.8. The van der Waals surface area contributed by atoms with Crippen LogP contribution < -0.4 is 0 Å². The van der Waals surface area contributed by atoms with Crippen LogP contribution in [0.5, 0.6) is 0 Å². The van der Waals surface area contributed by atoms with Crippen molar-refractivity contribution < 1.29 is 14.6 Å². The number of aliphatic hydroxyl groups excluding tert-OH is 2. The number of aromatic nitrogens is 1. The minimum atomic E-state index is -0.208.